The first-order valence-corrected chi connectivity index (χ1v) is 4.27. The Morgan fingerprint density at radius 2 is 1.25 bits per heavy atom. The molecule has 0 heterocycles. The highest BCUT2D eigenvalue weighted by molar-refractivity contribution is 5.72. The lowest BCUT2D eigenvalue weighted by Crippen LogP contribution is -2.02. The van der Waals surface area contributed by atoms with E-state index in [4.69, 9.17) is 9.47 Å². The van der Waals surface area contributed by atoms with Gasteiger partial charge in [-0.05, 0) is 27.7 Å². The Balaban J connectivity index is 0. The number of ether oxygens (including phenoxy) is 2. The molecule has 0 atom stereocenters. The molecule has 0 rings (SSSR count). The molecule has 74 valence electrons. The Kier molecular flexibility index (Phi) is 15.5. The van der Waals surface area contributed by atoms with Crippen LogP contribution in [0.25, 0.3) is 0 Å². The van der Waals surface area contributed by atoms with Gasteiger partial charge in [-0.25, -0.2) is 0 Å². The molecule has 0 aromatic carbocycles. The predicted molar refractivity (Wildman–Crippen MR) is 49.3 cm³/mol. The van der Waals surface area contributed by atoms with Crippen LogP contribution < -0.4 is 0 Å². The van der Waals surface area contributed by atoms with Gasteiger partial charge in [0.15, 0.2) is 0 Å². The fraction of sp³-hybridized carbons (Fsp3) is 0.889. The van der Waals surface area contributed by atoms with Crippen LogP contribution in [0.3, 0.4) is 0 Å². The van der Waals surface area contributed by atoms with Crippen molar-refractivity contribution in [3.8, 4) is 0 Å². The van der Waals surface area contributed by atoms with Crippen molar-refractivity contribution in [1.82, 2.24) is 0 Å². The first-order valence-electron chi connectivity index (χ1n) is 4.27. The van der Waals surface area contributed by atoms with E-state index < -0.39 is 0 Å². The number of rotatable bonds is 5. The second-order valence-electron chi connectivity index (χ2n) is 2.30. The van der Waals surface area contributed by atoms with Gasteiger partial charge in [0.25, 0.3) is 0 Å². The van der Waals surface area contributed by atoms with Crippen LogP contribution >= 0.6 is 0 Å². The lowest BCUT2D eigenvalue weighted by atomic mass is 10.6. The lowest BCUT2D eigenvalue weighted by Gasteiger charge is -1.99. The molecule has 0 N–H and O–H groups in total. The number of carbonyl (C=O) groups excluding carboxylic acids is 1. The summed E-state index contributed by atoms with van der Waals surface area (Å²) in [6, 6.07) is 0. The maximum absolute atomic E-state index is 9.44. The van der Waals surface area contributed by atoms with E-state index in [0.29, 0.717) is 0 Å². The highest BCUT2D eigenvalue weighted by Crippen LogP contribution is 1.75. The molecule has 0 amide bonds. The summed E-state index contributed by atoms with van der Waals surface area (Å²) in [4.78, 5) is 9.44. The largest absolute Gasteiger partial charge is 0.379 e. The summed E-state index contributed by atoms with van der Waals surface area (Å²) >= 11 is 0. The lowest BCUT2D eigenvalue weighted by molar-refractivity contribution is -0.114. The number of ketones is 1. The van der Waals surface area contributed by atoms with E-state index in [2.05, 4.69) is 0 Å². The van der Waals surface area contributed by atoms with Crippen LogP contribution in [-0.4, -0.2) is 32.2 Å². The molecule has 0 fully saturated rings. The maximum atomic E-state index is 9.44. The summed E-state index contributed by atoms with van der Waals surface area (Å²) in [5.74, 6) is 0.167. The molecule has 0 saturated carbocycles. The smallest absolute Gasteiger partial charge is 0.126 e. The summed E-state index contributed by atoms with van der Waals surface area (Å²) in [6.07, 6.45) is 0. The van der Waals surface area contributed by atoms with Crippen molar-refractivity contribution < 1.29 is 14.3 Å². The standard InChI is InChI=1S/C6H14O2.C3H6O/c1-3-7-5-6-8-4-2;1-3(2)4/h3-6H2,1-2H3;1-2H3. The van der Waals surface area contributed by atoms with Gasteiger partial charge in [0.1, 0.15) is 5.78 Å². The normalized spacial score (nSPS) is 8.67. The second kappa shape index (κ2) is 13.2. The van der Waals surface area contributed by atoms with E-state index in [1.54, 1.807) is 0 Å². The van der Waals surface area contributed by atoms with Crippen molar-refractivity contribution in [1.29, 1.82) is 0 Å². The Morgan fingerprint density at radius 3 is 1.42 bits per heavy atom. The molecule has 0 aromatic heterocycles. The van der Waals surface area contributed by atoms with Gasteiger partial charge in [-0.1, -0.05) is 0 Å². The average Bonchev–Trinajstić information content (AvgIpc) is 1.97. The highest BCUT2D eigenvalue weighted by atomic mass is 16.5. The number of carbonyl (C=O) groups is 1. The Labute approximate surface area is 75.1 Å². The van der Waals surface area contributed by atoms with Crippen molar-refractivity contribution in [2.45, 2.75) is 27.7 Å². The topological polar surface area (TPSA) is 35.5 Å². The monoisotopic (exact) mass is 176 g/mol. The zero-order valence-corrected chi connectivity index (χ0v) is 8.55. The molecule has 0 aliphatic carbocycles. The van der Waals surface area contributed by atoms with E-state index in [1.807, 2.05) is 13.8 Å². The maximum Gasteiger partial charge on any atom is 0.126 e. The minimum Gasteiger partial charge on any atom is -0.379 e. The van der Waals surface area contributed by atoms with Gasteiger partial charge in [-0.15, -0.1) is 0 Å². The molecule has 0 aliphatic rings. The summed E-state index contributed by atoms with van der Waals surface area (Å²) in [5, 5.41) is 0. The van der Waals surface area contributed by atoms with Gasteiger partial charge in [0, 0.05) is 13.2 Å². The molecule has 0 spiro atoms. The molecule has 3 nitrogen and oxygen atoms in total. The van der Waals surface area contributed by atoms with Gasteiger partial charge >= 0.3 is 0 Å². The summed E-state index contributed by atoms with van der Waals surface area (Å²) in [6.45, 7) is 10.0. The van der Waals surface area contributed by atoms with Crippen LogP contribution in [0, 0.1) is 0 Å². The number of hydrogen-bond acceptors (Lipinski definition) is 3. The zero-order valence-electron chi connectivity index (χ0n) is 8.55. The number of hydrogen-bond donors (Lipinski definition) is 0. The van der Waals surface area contributed by atoms with Crippen molar-refractivity contribution in [3.05, 3.63) is 0 Å². The van der Waals surface area contributed by atoms with Crippen LogP contribution in [0.5, 0.6) is 0 Å². The van der Waals surface area contributed by atoms with Gasteiger partial charge < -0.3 is 14.3 Å². The van der Waals surface area contributed by atoms with Gasteiger partial charge in [0.05, 0.1) is 13.2 Å². The Bertz CT molecular complexity index is 81.8. The van der Waals surface area contributed by atoms with Crippen molar-refractivity contribution in [3.63, 3.8) is 0 Å². The number of Topliss-reactive ketones (excluding diaryl/α,β-unsaturated/α-hetero) is 1. The quantitative estimate of drug-likeness (QED) is 0.597. The van der Waals surface area contributed by atoms with E-state index >= 15 is 0 Å². The van der Waals surface area contributed by atoms with Crippen LogP contribution in [0.1, 0.15) is 27.7 Å². The first kappa shape index (κ1) is 14.1. The third-order valence-electron chi connectivity index (χ3n) is 0.780. The minimum absolute atomic E-state index is 0.167. The van der Waals surface area contributed by atoms with Gasteiger partial charge in [-0.3, -0.25) is 0 Å². The molecule has 3 heteroatoms. The third kappa shape index (κ3) is 33.6. The van der Waals surface area contributed by atoms with Crippen molar-refractivity contribution in [2.24, 2.45) is 0 Å². The highest BCUT2D eigenvalue weighted by Gasteiger charge is 1.81. The molecule has 0 unspecified atom stereocenters. The van der Waals surface area contributed by atoms with E-state index in [0.717, 1.165) is 26.4 Å². The average molecular weight is 176 g/mol. The summed E-state index contributed by atoms with van der Waals surface area (Å²) in [5.41, 5.74) is 0. The Morgan fingerprint density at radius 1 is 1.00 bits per heavy atom. The molecule has 0 radical (unpaired) electrons. The molecule has 0 aliphatic heterocycles. The van der Waals surface area contributed by atoms with Crippen LogP contribution in [0.4, 0.5) is 0 Å². The summed E-state index contributed by atoms with van der Waals surface area (Å²) < 4.78 is 10.0. The third-order valence-corrected chi connectivity index (χ3v) is 0.780. The van der Waals surface area contributed by atoms with E-state index in [9.17, 15) is 4.79 Å². The fourth-order valence-electron chi connectivity index (χ4n) is 0.407. The van der Waals surface area contributed by atoms with Crippen molar-refractivity contribution in [2.75, 3.05) is 26.4 Å². The molecule has 0 saturated heterocycles. The zero-order chi connectivity index (χ0) is 9.82. The second-order valence-corrected chi connectivity index (χ2v) is 2.30. The molecule has 12 heavy (non-hydrogen) atoms. The SMILES string of the molecule is CC(C)=O.CCOCCOCC. The van der Waals surface area contributed by atoms with E-state index in [1.165, 1.54) is 13.8 Å². The molecule has 0 aromatic rings. The van der Waals surface area contributed by atoms with Crippen LogP contribution in [0.15, 0.2) is 0 Å². The summed E-state index contributed by atoms with van der Waals surface area (Å²) in [7, 11) is 0. The fourth-order valence-corrected chi connectivity index (χ4v) is 0.407. The molecular formula is C9H20O3. The van der Waals surface area contributed by atoms with Gasteiger partial charge in [-0.2, -0.15) is 0 Å². The van der Waals surface area contributed by atoms with Gasteiger partial charge in [0.2, 0.25) is 0 Å². The van der Waals surface area contributed by atoms with E-state index in [-0.39, 0.29) is 5.78 Å². The van der Waals surface area contributed by atoms with Crippen LogP contribution in [0.2, 0.25) is 0 Å². The van der Waals surface area contributed by atoms with Crippen molar-refractivity contribution >= 4 is 5.78 Å². The predicted octanol–water partition coefficient (Wildman–Crippen LogP) is 1.65. The minimum atomic E-state index is 0.167. The first-order chi connectivity index (χ1) is 5.65. The Hall–Kier alpha value is -0.410. The molecule has 0 bridgehead atoms. The van der Waals surface area contributed by atoms with Crippen LogP contribution in [-0.2, 0) is 14.3 Å². The molecular weight excluding hydrogens is 156 g/mol.